The average molecular weight is 358 g/mol. The van der Waals surface area contributed by atoms with Crippen molar-refractivity contribution in [3.05, 3.63) is 33.8 Å². The predicted molar refractivity (Wildman–Crippen MR) is 79.7 cm³/mol. The highest BCUT2D eigenvalue weighted by Crippen LogP contribution is 2.28. The topological polar surface area (TPSA) is 78.0 Å². The number of rotatable bonds is 2. The number of alkyl halides is 3. The largest absolute Gasteiger partial charge is 0.435 e. The van der Waals surface area contributed by atoms with Crippen molar-refractivity contribution in [2.24, 2.45) is 7.05 Å². The number of amides is 1. The summed E-state index contributed by atoms with van der Waals surface area (Å²) in [7, 11) is 1.56. The van der Waals surface area contributed by atoms with Gasteiger partial charge in [0.1, 0.15) is 12.4 Å². The summed E-state index contributed by atoms with van der Waals surface area (Å²) in [6, 6.07) is 0.912. The van der Waals surface area contributed by atoms with Crippen LogP contribution in [0.2, 0.25) is 0 Å². The average Bonchev–Trinajstić information content (AvgIpc) is 2.92. The third-order valence-electron chi connectivity index (χ3n) is 4.19. The van der Waals surface area contributed by atoms with E-state index in [1.807, 2.05) is 0 Å². The van der Waals surface area contributed by atoms with Gasteiger partial charge in [-0.25, -0.2) is 9.48 Å². The first-order valence-electron chi connectivity index (χ1n) is 7.69. The lowest BCUT2D eigenvalue weighted by molar-refractivity contribution is -0.142. The van der Waals surface area contributed by atoms with Crippen molar-refractivity contribution in [1.82, 2.24) is 29.0 Å². The number of halogens is 3. The van der Waals surface area contributed by atoms with Crippen LogP contribution in [0.5, 0.6) is 0 Å². The van der Waals surface area contributed by atoms with Crippen LogP contribution in [0.1, 0.15) is 17.2 Å². The molecule has 0 aliphatic carbocycles. The zero-order valence-electron chi connectivity index (χ0n) is 13.7. The lowest BCUT2D eigenvalue weighted by Gasteiger charge is -2.20. The number of hydrogen-bond donors (Lipinski definition) is 0. The first-order chi connectivity index (χ1) is 11.7. The molecule has 0 aromatic carbocycles. The van der Waals surface area contributed by atoms with E-state index >= 15 is 0 Å². The summed E-state index contributed by atoms with van der Waals surface area (Å²) in [5.41, 5.74) is -1.00. The summed E-state index contributed by atoms with van der Waals surface area (Å²) in [4.78, 5) is 25.9. The van der Waals surface area contributed by atoms with Gasteiger partial charge in [0.05, 0.1) is 0 Å². The molecular weight excluding hydrogens is 341 g/mol. The number of hydrogen-bond acceptors (Lipinski definition) is 4. The highest BCUT2D eigenvalue weighted by Gasteiger charge is 2.34. The minimum Gasteiger partial charge on any atom is -0.339 e. The molecule has 0 N–H and O–H groups in total. The smallest absolute Gasteiger partial charge is 0.339 e. The van der Waals surface area contributed by atoms with Crippen molar-refractivity contribution in [3.8, 4) is 0 Å². The van der Waals surface area contributed by atoms with E-state index in [1.165, 1.54) is 21.1 Å². The molecule has 2 aromatic heterocycles. The van der Waals surface area contributed by atoms with E-state index in [2.05, 4.69) is 10.2 Å². The molecule has 8 nitrogen and oxygen atoms in total. The predicted octanol–water partition coefficient (Wildman–Crippen LogP) is 0.190. The Kier molecular flexibility index (Phi) is 4.17. The quantitative estimate of drug-likeness (QED) is 0.768. The van der Waals surface area contributed by atoms with Crippen molar-refractivity contribution >= 4 is 5.91 Å². The molecule has 0 atom stereocenters. The molecular formula is C14H17F3N6O2. The summed E-state index contributed by atoms with van der Waals surface area (Å²) in [5.74, 6) is 0.250. The van der Waals surface area contributed by atoms with Crippen molar-refractivity contribution in [2.75, 3.05) is 13.1 Å². The van der Waals surface area contributed by atoms with Crippen LogP contribution in [-0.4, -0.2) is 48.0 Å². The molecule has 136 valence electrons. The summed E-state index contributed by atoms with van der Waals surface area (Å²) < 4.78 is 41.9. The van der Waals surface area contributed by atoms with Gasteiger partial charge in [0.25, 0.3) is 0 Å². The minimum absolute atomic E-state index is 0.248. The highest BCUT2D eigenvalue weighted by atomic mass is 19.4. The molecule has 11 heteroatoms. The Morgan fingerprint density at radius 1 is 1.24 bits per heavy atom. The third-order valence-corrected chi connectivity index (χ3v) is 4.19. The Hall–Kier alpha value is -2.59. The van der Waals surface area contributed by atoms with Gasteiger partial charge in [-0.15, -0.1) is 0 Å². The van der Waals surface area contributed by atoms with Gasteiger partial charge in [-0.2, -0.15) is 23.4 Å². The van der Waals surface area contributed by atoms with E-state index in [9.17, 15) is 22.8 Å². The Morgan fingerprint density at radius 3 is 2.60 bits per heavy atom. The van der Waals surface area contributed by atoms with Gasteiger partial charge in [0, 0.05) is 38.8 Å². The summed E-state index contributed by atoms with van der Waals surface area (Å²) in [5, 5.41) is 7.59. The van der Waals surface area contributed by atoms with Crippen LogP contribution in [0, 0.1) is 6.92 Å². The fourth-order valence-corrected chi connectivity index (χ4v) is 2.82. The fraction of sp³-hybridized carbons (Fsp3) is 0.571. The van der Waals surface area contributed by atoms with Crippen LogP contribution >= 0.6 is 0 Å². The van der Waals surface area contributed by atoms with E-state index in [-0.39, 0.29) is 23.8 Å². The SMILES string of the molecule is Cc1cc(C(F)(F)F)nn1CC(=O)N1CCc2nn(C)c(=O)n2CC1. The lowest BCUT2D eigenvalue weighted by atomic mass is 10.3. The Morgan fingerprint density at radius 2 is 1.96 bits per heavy atom. The lowest BCUT2D eigenvalue weighted by Crippen LogP contribution is -2.37. The molecule has 1 aliphatic rings. The third kappa shape index (κ3) is 3.30. The van der Waals surface area contributed by atoms with Gasteiger partial charge in [-0.3, -0.25) is 14.0 Å². The first kappa shape index (κ1) is 17.2. The molecule has 3 rings (SSSR count). The van der Waals surface area contributed by atoms with Crippen LogP contribution in [0.4, 0.5) is 13.2 Å². The maximum atomic E-state index is 12.7. The van der Waals surface area contributed by atoms with Crippen LogP contribution in [0.15, 0.2) is 10.9 Å². The highest BCUT2D eigenvalue weighted by molar-refractivity contribution is 5.76. The van der Waals surface area contributed by atoms with Crippen LogP contribution < -0.4 is 5.69 Å². The van der Waals surface area contributed by atoms with Crippen molar-refractivity contribution in [3.63, 3.8) is 0 Å². The van der Waals surface area contributed by atoms with E-state index < -0.39 is 11.9 Å². The number of nitrogens with zero attached hydrogens (tertiary/aromatic N) is 6. The number of fused-ring (bicyclic) bond motifs is 1. The van der Waals surface area contributed by atoms with Crippen LogP contribution in [0.25, 0.3) is 0 Å². The van der Waals surface area contributed by atoms with Gasteiger partial charge in [-0.1, -0.05) is 0 Å². The standard InChI is InChI=1S/C14H17F3N6O2/c1-9-7-10(14(15,16)17)18-23(9)8-12(24)21-4-3-11-19-20(2)13(25)22(11)6-5-21/h7H,3-6,8H2,1-2H3. The van der Waals surface area contributed by atoms with E-state index in [1.54, 1.807) is 7.05 Å². The summed E-state index contributed by atoms with van der Waals surface area (Å²) >= 11 is 0. The molecule has 1 aliphatic heterocycles. The number of carbonyl (C=O) groups excluding carboxylic acids is 1. The van der Waals surface area contributed by atoms with Crippen molar-refractivity contribution in [1.29, 1.82) is 0 Å². The Labute approximate surface area is 140 Å². The zero-order chi connectivity index (χ0) is 18.4. The van der Waals surface area contributed by atoms with E-state index in [0.29, 0.717) is 31.9 Å². The molecule has 0 saturated heterocycles. The van der Waals surface area contributed by atoms with Crippen molar-refractivity contribution in [2.45, 2.75) is 32.6 Å². The Balaban J connectivity index is 1.71. The van der Waals surface area contributed by atoms with Crippen LogP contribution in [-0.2, 0) is 37.5 Å². The minimum atomic E-state index is -4.54. The maximum Gasteiger partial charge on any atom is 0.435 e. The second-order valence-electron chi connectivity index (χ2n) is 5.93. The molecule has 25 heavy (non-hydrogen) atoms. The normalized spacial score (nSPS) is 15.2. The number of aromatic nitrogens is 5. The first-order valence-corrected chi connectivity index (χ1v) is 7.69. The zero-order valence-corrected chi connectivity index (χ0v) is 13.7. The molecule has 3 heterocycles. The number of carbonyl (C=O) groups is 1. The van der Waals surface area contributed by atoms with E-state index in [4.69, 9.17) is 0 Å². The van der Waals surface area contributed by atoms with Gasteiger partial charge in [0.15, 0.2) is 5.69 Å². The molecule has 0 unspecified atom stereocenters. The Bertz CT molecular complexity index is 863. The van der Waals surface area contributed by atoms with E-state index in [0.717, 1.165) is 10.7 Å². The molecule has 0 radical (unpaired) electrons. The summed E-state index contributed by atoms with van der Waals surface area (Å²) in [6.45, 7) is 2.14. The fourth-order valence-electron chi connectivity index (χ4n) is 2.82. The molecule has 1 amide bonds. The second-order valence-corrected chi connectivity index (χ2v) is 5.93. The molecule has 0 saturated carbocycles. The monoisotopic (exact) mass is 358 g/mol. The summed E-state index contributed by atoms with van der Waals surface area (Å²) in [6.07, 6.45) is -4.13. The van der Waals surface area contributed by atoms with Gasteiger partial charge >= 0.3 is 11.9 Å². The van der Waals surface area contributed by atoms with Crippen LogP contribution in [0.3, 0.4) is 0 Å². The number of aryl methyl sites for hydroxylation is 2. The molecule has 0 bridgehead atoms. The molecule has 0 fully saturated rings. The maximum absolute atomic E-state index is 12.7. The molecule has 2 aromatic rings. The molecule has 0 spiro atoms. The van der Waals surface area contributed by atoms with Gasteiger partial charge in [-0.05, 0) is 13.0 Å². The van der Waals surface area contributed by atoms with Crippen molar-refractivity contribution < 1.29 is 18.0 Å². The van der Waals surface area contributed by atoms with Gasteiger partial charge in [0.2, 0.25) is 5.91 Å². The second kappa shape index (κ2) is 6.05. The van der Waals surface area contributed by atoms with Gasteiger partial charge < -0.3 is 4.90 Å².